The van der Waals surface area contributed by atoms with Gasteiger partial charge in [0.25, 0.3) is 5.56 Å². The Labute approximate surface area is 103 Å². The molecule has 0 aromatic carbocycles. The number of hydrogen-bond acceptors (Lipinski definition) is 4. The zero-order valence-electron chi connectivity index (χ0n) is 9.35. The van der Waals surface area contributed by atoms with Crippen molar-refractivity contribution in [2.24, 2.45) is 0 Å². The maximum Gasteiger partial charge on any atom is 0.258 e. The number of hydrogen-bond donors (Lipinski definition) is 1. The summed E-state index contributed by atoms with van der Waals surface area (Å²) in [5, 5.41) is 7.25. The summed E-state index contributed by atoms with van der Waals surface area (Å²) >= 11 is 1.65. The number of nitrogens with one attached hydrogen (secondary N) is 1. The van der Waals surface area contributed by atoms with E-state index in [4.69, 9.17) is 0 Å². The Balaban J connectivity index is 1.98. The molecule has 0 unspecified atom stereocenters. The Kier molecular flexibility index (Phi) is 2.68. The highest BCUT2D eigenvalue weighted by molar-refractivity contribution is 7.07. The standard InChI is InChI=1S/C12H13N3OS/c16-12-10-2-1-4-13-11(10)14-8-15(12)6-9-3-5-17-7-9/h3,5,7-8,13H,1-2,4,6H2. The van der Waals surface area contributed by atoms with E-state index >= 15 is 0 Å². The molecule has 88 valence electrons. The van der Waals surface area contributed by atoms with Crippen LogP contribution >= 0.6 is 11.3 Å². The minimum atomic E-state index is 0.0911. The Morgan fingerprint density at radius 1 is 1.53 bits per heavy atom. The maximum atomic E-state index is 12.2. The van der Waals surface area contributed by atoms with E-state index in [1.807, 2.05) is 11.4 Å². The van der Waals surface area contributed by atoms with Gasteiger partial charge in [-0.2, -0.15) is 11.3 Å². The number of thiophene rings is 1. The number of fused-ring (bicyclic) bond motifs is 1. The van der Waals surface area contributed by atoms with Gasteiger partial charge in [0.05, 0.1) is 12.1 Å². The van der Waals surface area contributed by atoms with Crippen molar-refractivity contribution in [2.75, 3.05) is 11.9 Å². The summed E-state index contributed by atoms with van der Waals surface area (Å²) in [6, 6.07) is 2.04. The monoisotopic (exact) mass is 247 g/mol. The summed E-state index contributed by atoms with van der Waals surface area (Å²) in [5.74, 6) is 0.766. The minimum Gasteiger partial charge on any atom is -0.370 e. The van der Waals surface area contributed by atoms with Crippen molar-refractivity contribution < 1.29 is 0 Å². The first-order valence-corrected chi connectivity index (χ1v) is 6.62. The molecule has 0 bridgehead atoms. The van der Waals surface area contributed by atoms with Gasteiger partial charge in [0.2, 0.25) is 0 Å². The molecule has 2 aromatic heterocycles. The Hall–Kier alpha value is -1.62. The van der Waals surface area contributed by atoms with Crippen LogP contribution in [0.5, 0.6) is 0 Å². The molecule has 0 radical (unpaired) electrons. The molecule has 0 aliphatic carbocycles. The molecule has 1 aliphatic rings. The normalized spacial score (nSPS) is 14.1. The van der Waals surface area contributed by atoms with Crippen LogP contribution in [0, 0.1) is 0 Å². The van der Waals surface area contributed by atoms with Gasteiger partial charge in [-0.05, 0) is 35.2 Å². The molecule has 2 aromatic rings. The Morgan fingerprint density at radius 2 is 2.47 bits per heavy atom. The molecule has 17 heavy (non-hydrogen) atoms. The molecule has 0 amide bonds. The lowest BCUT2D eigenvalue weighted by Crippen LogP contribution is -2.29. The van der Waals surface area contributed by atoms with Crippen LogP contribution in [0.4, 0.5) is 5.82 Å². The molecule has 3 rings (SSSR count). The van der Waals surface area contributed by atoms with E-state index in [0.717, 1.165) is 36.3 Å². The molecular weight excluding hydrogens is 234 g/mol. The van der Waals surface area contributed by atoms with Crippen LogP contribution < -0.4 is 10.9 Å². The second-order valence-electron chi connectivity index (χ2n) is 4.17. The predicted molar refractivity (Wildman–Crippen MR) is 68.7 cm³/mol. The molecular formula is C12H13N3OS. The fourth-order valence-electron chi connectivity index (χ4n) is 2.07. The van der Waals surface area contributed by atoms with Crippen molar-refractivity contribution in [3.05, 3.63) is 44.6 Å². The molecule has 0 saturated heterocycles. The topological polar surface area (TPSA) is 46.9 Å². The smallest absolute Gasteiger partial charge is 0.258 e. The fraction of sp³-hybridized carbons (Fsp3) is 0.333. The first kappa shape index (κ1) is 10.5. The van der Waals surface area contributed by atoms with Crippen molar-refractivity contribution in [1.82, 2.24) is 9.55 Å². The SMILES string of the molecule is O=c1c2c(ncn1Cc1ccsc1)NCCC2. The predicted octanol–water partition coefficient (Wildman–Crippen LogP) is 1.71. The lowest BCUT2D eigenvalue weighted by atomic mass is 10.1. The highest BCUT2D eigenvalue weighted by Crippen LogP contribution is 2.15. The molecule has 5 heteroatoms. The summed E-state index contributed by atoms with van der Waals surface area (Å²) < 4.78 is 1.69. The molecule has 0 spiro atoms. The van der Waals surface area contributed by atoms with E-state index in [-0.39, 0.29) is 5.56 Å². The first-order valence-electron chi connectivity index (χ1n) is 5.68. The maximum absolute atomic E-state index is 12.2. The van der Waals surface area contributed by atoms with Gasteiger partial charge in [0.1, 0.15) is 12.1 Å². The van der Waals surface area contributed by atoms with Crippen molar-refractivity contribution in [3.63, 3.8) is 0 Å². The number of nitrogens with zero attached hydrogens (tertiary/aromatic N) is 2. The van der Waals surface area contributed by atoms with Crippen molar-refractivity contribution in [2.45, 2.75) is 19.4 Å². The largest absolute Gasteiger partial charge is 0.370 e. The average molecular weight is 247 g/mol. The van der Waals surface area contributed by atoms with Crippen LogP contribution in [0.1, 0.15) is 17.5 Å². The second kappa shape index (κ2) is 4.33. The Bertz CT molecular complexity index is 574. The fourth-order valence-corrected chi connectivity index (χ4v) is 2.73. The van der Waals surface area contributed by atoms with Crippen LogP contribution in [0.25, 0.3) is 0 Å². The summed E-state index contributed by atoms with van der Waals surface area (Å²) in [7, 11) is 0. The molecule has 0 fully saturated rings. The minimum absolute atomic E-state index is 0.0911. The quantitative estimate of drug-likeness (QED) is 0.879. The van der Waals surface area contributed by atoms with E-state index < -0.39 is 0 Å². The van der Waals surface area contributed by atoms with Crippen molar-refractivity contribution in [1.29, 1.82) is 0 Å². The van der Waals surface area contributed by atoms with Gasteiger partial charge in [-0.1, -0.05) is 0 Å². The van der Waals surface area contributed by atoms with Gasteiger partial charge in [-0.3, -0.25) is 9.36 Å². The number of anilines is 1. The van der Waals surface area contributed by atoms with Crippen LogP contribution in [0.15, 0.2) is 27.9 Å². The van der Waals surface area contributed by atoms with Gasteiger partial charge in [0.15, 0.2) is 0 Å². The average Bonchev–Trinajstić information content (AvgIpc) is 2.86. The van der Waals surface area contributed by atoms with Crippen LogP contribution in [-0.4, -0.2) is 16.1 Å². The molecule has 4 nitrogen and oxygen atoms in total. The lowest BCUT2D eigenvalue weighted by molar-refractivity contribution is 0.699. The summed E-state index contributed by atoms with van der Waals surface area (Å²) in [6.07, 6.45) is 3.47. The van der Waals surface area contributed by atoms with E-state index in [1.165, 1.54) is 0 Å². The third-order valence-electron chi connectivity index (χ3n) is 2.96. The third-order valence-corrected chi connectivity index (χ3v) is 3.69. The molecule has 1 N–H and O–H groups in total. The zero-order chi connectivity index (χ0) is 11.7. The van der Waals surface area contributed by atoms with Crippen molar-refractivity contribution >= 4 is 17.2 Å². The first-order chi connectivity index (χ1) is 8.34. The molecule has 1 aliphatic heterocycles. The number of rotatable bonds is 2. The van der Waals surface area contributed by atoms with Crippen LogP contribution in [0.3, 0.4) is 0 Å². The lowest BCUT2D eigenvalue weighted by Gasteiger charge is -2.17. The van der Waals surface area contributed by atoms with Crippen LogP contribution in [-0.2, 0) is 13.0 Å². The van der Waals surface area contributed by atoms with Crippen LogP contribution in [0.2, 0.25) is 0 Å². The Morgan fingerprint density at radius 3 is 3.29 bits per heavy atom. The van der Waals surface area contributed by atoms with Gasteiger partial charge in [0, 0.05) is 6.54 Å². The summed E-state index contributed by atoms with van der Waals surface area (Å²) in [4.78, 5) is 16.5. The number of aromatic nitrogens is 2. The van der Waals surface area contributed by atoms with E-state index in [1.54, 1.807) is 22.2 Å². The van der Waals surface area contributed by atoms with Gasteiger partial charge in [-0.15, -0.1) is 0 Å². The van der Waals surface area contributed by atoms with Gasteiger partial charge >= 0.3 is 0 Å². The highest BCUT2D eigenvalue weighted by Gasteiger charge is 2.15. The van der Waals surface area contributed by atoms with Crippen molar-refractivity contribution in [3.8, 4) is 0 Å². The third kappa shape index (κ3) is 1.98. The second-order valence-corrected chi connectivity index (χ2v) is 4.95. The van der Waals surface area contributed by atoms with Gasteiger partial charge < -0.3 is 5.32 Å². The van der Waals surface area contributed by atoms with E-state index in [2.05, 4.69) is 15.7 Å². The molecule has 3 heterocycles. The van der Waals surface area contributed by atoms with Gasteiger partial charge in [-0.25, -0.2) is 4.98 Å². The van der Waals surface area contributed by atoms with E-state index in [9.17, 15) is 4.79 Å². The molecule has 0 saturated carbocycles. The molecule has 0 atom stereocenters. The highest BCUT2D eigenvalue weighted by atomic mass is 32.1. The zero-order valence-corrected chi connectivity index (χ0v) is 10.2. The summed E-state index contributed by atoms with van der Waals surface area (Å²) in [5.41, 5.74) is 2.07. The van der Waals surface area contributed by atoms with E-state index in [0.29, 0.717) is 6.54 Å². The summed E-state index contributed by atoms with van der Waals surface area (Å²) in [6.45, 7) is 1.52.